The van der Waals surface area contributed by atoms with Gasteiger partial charge < -0.3 is 11.1 Å². The summed E-state index contributed by atoms with van der Waals surface area (Å²) in [5, 5.41) is 2.85. The van der Waals surface area contributed by atoms with E-state index < -0.39 is 11.6 Å². The lowest BCUT2D eigenvalue weighted by Crippen LogP contribution is -2.38. The SMILES string of the molecule is CC(NC(=O)C1CCCC(N)C1)c1ccc(F)c(F)c1. The maximum absolute atomic E-state index is 13.2. The summed E-state index contributed by atoms with van der Waals surface area (Å²) in [6.45, 7) is 1.76. The molecule has 0 bridgehead atoms. The molecule has 1 aromatic rings. The molecule has 0 aliphatic heterocycles. The summed E-state index contributed by atoms with van der Waals surface area (Å²) in [6.07, 6.45) is 3.45. The number of hydrogen-bond acceptors (Lipinski definition) is 2. The van der Waals surface area contributed by atoms with Gasteiger partial charge in [-0.3, -0.25) is 4.79 Å². The Labute approximate surface area is 117 Å². The van der Waals surface area contributed by atoms with E-state index >= 15 is 0 Å². The van der Waals surface area contributed by atoms with Crippen molar-refractivity contribution in [2.45, 2.75) is 44.7 Å². The highest BCUT2D eigenvalue weighted by atomic mass is 19.2. The smallest absolute Gasteiger partial charge is 0.223 e. The maximum atomic E-state index is 13.2. The predicted molar refractivity (Wildman–Crippen MR) is 72.8 cm³/mol. The van der Waals surface area contributed by atoms with Crippen molar-refractivity contribution in [2.24, 2.45) is 11.7 Å². The van der Waals surface area contributed by atoms with Gasteiger partial charge in [-0.05, 0) is 43.9 Å². The van der Waals surface area contributed by atoms with E-state index in [0.29, 0.717) is 12.0 Å². The first-order chi connectivity index (χ1) is 9.47. The van der Waals surface area contributed by atoms with Crippen molar-refractivity contribution in [2.75, 3.05) is 0 Å². The molecule has 3 unspecified atom stereocenters. The molecule has 1 saturated carbocycles. The monoisotopic (exact) mass is 282 g/mol. The number of carbonyl (C=O) groups is 1. The first kappa shape index (κ1) is 14.9. The number of carbonyl (C=O) groups excluding carboxylic acids is 1. The van der Waals surface area contributed by atoms with Gasteiger partial charge in [0.05, 0.1) is 6.04 Å². The predicted octanol–water partition coefficient (Wildman–Crippen LogP) is 2.66. The molecule has 3 atom stereocenters. The fraction of sp³-hybridized carbons (Fsp3) is 0.533. The number of benzene rings is 1. The minimum atomic E-state index is -0.900. The minimum Gasteiger partial charge on any atom is -0.349 e. The first-order valence-electron chi connectivity index (χ1n) is 6.98. The number of nitrogens with one attached hydrogen (secondary N) is 1. The first-order valence-corrected chi connectivity index (χ1v) is 6.98. The standard InChI is InChI=1S/C15H20F2N2O/c1-9(10-5-6-13(16)14(17)8-10)19-15(20)11-3-2-4-12(18)7-11/h5-6,8-9,11-12H,2-4,7,18H2,1H3,(H,19,20). The fourth-order valence-electron chi connectivity index (χ4n) is 2.66. The average molecular weight is 282 g/mol. The molecule has 0 heterocycles. The molecule has 0 radical (unpaired) electrons. The summed E-state index contributed by atoms with van der Waals surface area (Å²) in [5.74, 6) is -1.92. The van der Waals surface area contributed by atoms with Crippen LogP contribution in [0.1, 0.15) is 44.2 Å². The third-order valence-corrected chi connectivity index (χ3v) is 3.89. The Balaban J connectivity index is 1.97. The zero-order chi connectivity index (χ0) is 14.7. The van der Waals surface area contributed by atoms with Gasteiger partial charge in [0.25, 0.3) is 0 Å². The highest BCUT2D eigenvalue weighted by Crippen LogP contribution is 2.24. The summed E-state index contributed by atoms with van der Waals surface area (Å²) in [6, 6.07) is 3.40. The third kappa shape index (κ3) is 3.54. The molecule has 3 nitrogen and oxygen atoms in total. The van der Waals surface area contributed by atoms with Gasteiger partial charge in [-0.2, -0.15) is 0 Å². The lowest BCUT2D eigenvalue weighted by Gasteiger charge is -2.27. The molecular formula is C15H20F2N2O. The van der Waals surface area contributed by atoms with Gasteiger partial charge >= 0.3 is 0 Å². The quantitative estimate of drug-likeness (QED) is 0.895. The van der Waals surface area contributed by atoms with Crippen LogP contribution in [0, 0.1) is 17.6 Å². The second kappa shape index (κ2) is 6.31. The Morgan fingerprint density at radius 2 is 2.10 bits per heavy atom. The topological polar surface area (TPSA) is 55.1 Å². The molecule has 1 amide bonds. The molecule has 20 heavy (non-hydrogen) atoms. The normalized spacial score (nSPS) is 24.2. The summed E-state index contributed by atoms with van der Waals surface area (Å²) in [7, 11) is 0. The van der Waals surface area contributed by atoms with E-state index in [9.17, 15) is 13.6 Å². The van der Waals surface area contributed by atoms with E-state index in [0.717, 1.165) is 31.4 Å². The van der Waals surface area contributed by atoms with E-state index in [-0.39, 0.29) is 23.9 Å². The van der Waals surface area contributed by atoms with E-state index in [1.807, 2.05) is 0 Å². The van der Waals surface area contributed by atoms with Crippen LogP contribution in [0.2, 0.25) is 0 Å². The Kier molecular flexibility index (Phi) is 4.70. The van der Waals surface area contributed by atoms with Gasteiger partial charge in [0.2, 0.25) is 5.91 Å². The van der Waals surface area contributed by atoms with Gasteiger partial charge in [0.1, 0.15) is 0 Å². The lowest BCUT2D eigenvalue weighted by atomic mass is 9.85. The van der Waals surface area contributed by atoms with Crippen molar-refractivity contribution in [3.8, 4) is 0 Å². The number of rotatable bonds is 3. The Morgan fingerprint density at radius 3 is 2.75 bits per heavy atom. The zero-order valence-electron chi connectivity index (χ0n) is 11.5. The highest BCUT2D eigenvalue weighted by molar-refractivity contribution is 5.79. The van der Waals surface area contributed by atoms with Gasteiger partial charge in [0, 0.05) is 12.0 Å². The van der Waals surface area contributed by atoms with E-state index in [2.05, 4.69) is 5.32 Å². The number of halogens is 2. The Hall–Kier alpha value is -1.49. The average Bonchev–Trinajstić information content (AvgIpc) is 2.41. The minimum absolute atomic E-state index is 0.0580. The molecule has 1 fully saturated rings. The van der Waals surface area contributed by atoms with Gasteiger partial charge in [-0.15, -0.1) is 0 Å². The third-order valence-electron chi connectivity index (χ3n) is 3.89. The van der Waals surface area contributed by atoms with Crippen LogP contribution in [-0.4, -0.2) is 11.9 Å². The van der Waals surface area contributed by atoms with Crippen LogP contribution >= 0.6 is 0 Å². The largest absolute Gasteiger partial charge is 0.349 e. The molecule has 5 heteroatoms. The highest BCUT2D eigenvalue weighted by Gasteiger charge is 2.26. The van der Waals surface area contributed by atoms with Crippen LogP contribution < -0.4 is 11.1 Å². The van der Waals surface area contributed by atoms with Crippen molar-refractivity contribution in [1.29, 1.82) is 0 Å². The second-order valence-electron chi connectivity index (χ2n) is 5.53. The van der Waals surface area contributed by atoms with Crippen LogP contribution in [0.15, 0.2) is 18.2 Å². The molecule has 0 spiro atoms. The molecule has 1 aliphatic carbocycles. The molecule has 0 aromatic heterocycles. The van der Waals surface area contributed by atoms with E-state index in [1.165, 1.54) is 6.07 Å². The van der Waals surface area contributed by atoms with Crippen LogP contribution in [0.4, 0.5) is 8.78 Å². The molecule has 2 rings (SSSR count). The van der Waals surface area contributed by atoms with Crippen molar-refractivity contribution in [3.63, 3.8) is 0 Å². The number of nitrogens with two attached hydrogens (primary N) is 1. The molecule has 110 valence electrons. The van der Waals surface area contributed by atoms with Crippen LogP contribution in [0.3, 0.4) is 0 Å². The Morgan fingerprint density at radius 1 is 1.35 bits per heavy atom. The summed E-state index contributed by atoms with van der Waals surface area (Å²) in [5.41, 5.74) is 6.42. The van der Waals surface area contributed by atoms with E-state index in [1.54, 1.807) is 6.92 Å². The summed E-state index contributed by atoms with van der Waals surface area (Å²) < 4.78 is 26.1. The number of amides is 1. The van der Waals surface area contributed by atoms with Crippen molar-refractivity contribution in [1.82, 2.24) is 5.32 Å². The van der Waals surface area contributed by atoms with Crippen molar-refractivity contribution in [3.05, 3.63) is 35.4 Å². The molecule has 1 aromatic carbocycles. The summed E-state index contributed by atoms with van der Waals surface area (Å²) in [4.78, 5) is 12.1. The maximum Gasteiger partial charge on any atom is 0.223 e. The zero-order valence-corrected chi connectivity index (χ0v) is 11.5. The van der Waals surface area contributed by atoms with Gasteiger partial charge in [-0.1, -0.05) is 12.5 Å². The van der Waals surface area contributed by atoms with Crippen LogP contribution in [0.5, 0.6) is 0 Å². The van der Waals surface area contributed by atoms with Gasteiger partial charge in [-0.25, -0.2) is 8.78 Å². The van der Waals surface area contributed by atoms with E-state index in [4.69, 9.17) is 5.73 Å². The second-order valence-corrected chi connectivity index (χ2v) is 5.53. The molecule has 0 saturated heterocycles. The van der Waals surface area contributed by atoms with Crippen molar-refractivity contribution < 1.29 is 13.6 Å². The Bertz CT molecular complexity index is 493. The molecule has 1 aliphatic rings. The number of hydrogen-bond donors (Lipinski definition) is 2. The van der Waals surface area contributed by atoms with Crippen LogP contribution in [-0.2, 0) is 4.79 Å². The fourth-order valence-corrected chi connectivity index (χ4v) is 2.66. The summed E-state index contributed by atoms with van der Waals surface area (Å²) >= 11 is 0. The lowest BCUT2D eigenvalue weighted by molar-refractivity contribution is -0.126. The van der Waals surface area contributed by atoms with Crippen molar-refractivity contribution >= 4 is 5.91 Å². The molecular weight excluding hydrogens is 262 g/mol. The molecule has 3 N–H and O–H groups in total. The van der Waals surface area contributed by atoms with Gasteiger partial charge in [0.15, 0.2) is 11.6 Å². The van der Waals surface area contributed by atoms with Crippen LogP contribution in [0.25, 0.3) is 0 Å².